The lowest BCUT2D eigenvalue weighted by atomic mass is 10.1. The number of rotatable bonds is 3. The summed E-state index contributed by atoms with van der Waals surface area (Å²) in [4.78, 5) is 8.78. The molecule has 0 bridgehead atoms. The van der Waals surface area contributed by atoms with Crippen molar-refractivity contribution in [2.75, 3.05) is 12.8 Å². The molecular formula is C13H13ClIN3O. The second-order valence-electron chi connectivity index (χ2n) is 4.09. The molecule has 100 valence electrons. The molecule has 4 nitrogen and oxygen atoms in total. The van der Waals surface area contributed by atoms with Crippen molar-refractivity contribution in [3.05, 3.63) is 38.0 Å². The van der Waals surface area contributed by atoms with Gasteiger partial charge < -0.3 is 10.5 Å². The molecular weight excluding hydrogens is 377 g/mol. The highest BCUT2D eigenvalue weighted by Gasteiger charge is 2.12. The lowest BCUT2D eigenvalue weighted by Gasteiger charge is -2.09. The minimum Gasteiger partial charge on any atom is -0.383 e. The monoisotopic (exact) mass is 389 g/mol. The van der Waals surface area contributed by atoms with E-state index in [9.17, 15) is 0 Å². The molecule has 2 aromatic rings. The normalized spacial score (nSPS) is 10.7. The smallest absolute Gasteiger partial charge is 0.161 e. The van der Waals surface area contributed by atoms with Gasteiger partial charge in [-0.15, -0.1) is 0 Å². The quantitative estimate of drug-likeness (QED) is 0.817. The van der Waals surface area contributed by atoms with Gasteiger partial charge >= 0.3 is 0 Å². The number of aryl methyl sites for hydroxylation is 1. The fourth-order valence-electron chi connectivity index (χ4n) is 1.61. The summed E-state index contributed by atoms with van der Waals surface area (Å²) in [6.07, 6.45) is 0. The molecule has 0 saturated heterocycles. The summed E-state index contributed by atoms with van der Waals surface area (Å²) in [6, 6.07) is 5.71. The highest BCUT2D eigenvalue weighted by Crippen LogP contribution is 2.26. The molecule has 0 atom stereocenters. The molecule has 0 radical (unpaired) electrons. The summed E-state index contributed by atoms with van der Waals surface area (Å²) in [7, 11) is 1.62. The number of nitrogen functional groups attached to an aromatic ring is 1. The highest BCUT2D eigenvalue weighted by molar-refractivity contribution is 14.1. The average Bonchev–Trinajstić information content (AvgIpc) is 2.38. The predicted molar refractivity (Wildman–Crippen MR) is 85.1 cm³/mol. The molecule has 0 amide bonds. The van der Waals surface area contributed by atoms with Crippen LogP contribution >= 0.6 is 34.2 Å². The Morgan fingerprint density at radius 3 is 2.74 bits per heavy atom. The van der Waals surface area contributed by atoms with Gasteiger partial charge in [-0.3, -0.25) is 0 Å². The number of hydrogen-bond donors (Lipinski definition) is 1. The van der Waals surface area contributed by atoms with Crippen molar-refractivity contribution in [2.45, 2.75) is 13.5 Å². The SMILES string of the molecule is COCc1nc(-c2ccc(C)c(Cl)c2)nc(N)c1I. The molecule has 1 aromatic heterocycles. The van der Waals surface area contributed by atoms with Gasteiger partial charge in [-0.05, 0) is 41.1 Å². The lowest BCUT2D eigenvalue weighted by molar-refractivity contribution is 0.181. The third-order valence-corrected chi connectivity index (χ3v) is 4.24. The van der Waals surface area contributed by atoms with E-state index in [0.29, 0.717) is 23.3 Å². The molecule has 1 heterocycles. The van der Waals surface area contributed by atoms with Crippen molar-refractivity contribution in [3.8, 4) is 11.4 Å². The zero-order chi connectivity index (χ0) is 14.0. The summed E-state index contributed by atoms with van der Waals surface area (Å²) in [5, 5.41) is 0.687. The fourth-order valence-corrected chi connectivity index (χ4v) is 2.18. The molecule has 0 aliphatic carbocycles. The number of nitrogens with zero attached hydrogens (tertiary/aromatic N) is 2. The maximum atomic E-state index is 6.12. The second-order valence-corrected chi connectivity index (χ2v) is 5.58. The van der Waals surface area contributed by atoms with E-state index in [2.05, 4.69) is 32.6 Å². The molecule has 0 fully saturated rings. The number of ether oxygens (including phenoxy) is 1. The molecule has 1 aromatic carbocycles. The summed E-state index contributed by atoms with van der Waals surface area (Å²) < 4.78 is 5.94. The van der Waals surface area contributed by atoms with Gasteiger partial charge in [0.05, 0.1) is 15.9 Å². The summed E-state index contributed by atoms with van der Waals surface area (Å²) in [5.41, 5.74) is 8.55. The standard InChI is InChI=1S/C13H13ClIN3O/c1-7-3-4-8(5-9(7)14)13-17-10(6-19-2)11(15)12(16)18-13/h3-5H,6H2,1-2H3,(H2,16,17,18). The van der Waals surface area contributed by atoms with Crippen molar-refractivity contribution in [2.24, 2.45) is 0 Å². The van der Waals surface area contributed by atoms with E-state index >= 15 is 0 Å². The van der Waals surface area contributed by atoms with Gasteiger partial charge in [-0.2, -0.15) is 0 Å². The first kappa shape index (κ1) is 14.5. The van der Waals surface area contributed by atoms with E-state index in [1.165, 1.54) is 0 Å². The number of nitrogens with two attached hydrogens (primary N) is 1. The van der Waals surface area contributed by atoms with Crippen molar-refractivity contribution >= 4 is 40.0 Å². The zero-order valence-electron chi connectivity index (χ0n) is 10.6. The van der Waals surface area contributed by atoms with E-state index < -0.39 is 0 Å². The first-order valence-corrected chi connectivity index (χ1v) is 7.06. The Morgan fingerprint density at radius 1 is 1.37 bits per heavy atom. The molecule has 0 spiro atoms. The van der Waals surface area contributed by atoms with Crippen LogP contribution in [0.3, 0.4) is 0 Å². The van der Waals surface area contributed by atoms with Gasteiger partial charge in [-0.25, -0.2) is 9.97 Å². The maximum Gasteiger partial charge on any atom is 0.161 e. The van der Waals surface area contributed by atoms with Crippen LogP contribution in [0.25, 0.3) is 11.4 Å². The number of benzene rings is 1. The molecule has 2 rings (SSSR count). The predicted octanol–water partition coefficient (Wildman–Crippen LogP) is 3.44. The minimum atomic E-state index is 0.400. The van der Waals surface area contributed by atoms with Crippen molar-refractivity contribution in [1.82, 2.24) is 9.97 Å². The van der Waals surface area contributed by atoms with Crippen molar-refractivity contribution in [1.29, 1.82) is 0 Å². The Kier molecular flexibility index (Phi) is 4.59. The Bertz CT molecular complexity index is 619. The van der Waals surface area contributed by atoms with Gasteiger partial charge in [0.25, 0.3) is 0 Å². The largest absolute Gasteiger partial charge is 0.383 e. The van der Waals surface area contributed by atoms with Crippen LogP contribution in [0.15, 0.2) is 18.2 Å². The van der Waals surface area contributed by atoms with Crippen LogP contribution in [-0.2, 0) is 11.3 Å². The maximum absolute atomic E-state index is 6.12. The highest BCUT2D eigenvalue weighted by atomic mass is 127. The third kappa shape index (κ3) is 3.16. The summed E-state index contributed by atoms with van der Waals surface area (Å²) in [6.45, 7) is 2.35. The Labute approximate surface area is 130 Å². The number of aromatic nitrogens is 2. The number of halogens is 2. The van der Waals surface area contributed by atoms with Crippen molar-refractivity contribution in [3.63, 3.8) is 0 Å². The number of anilines is 1. The van der Waals surface area contributed by atoms with Crippen LogP contribution in [0, 0.1) is 10.5 Å². The molecule has 0 saturated carbocycles. The van der Waals surface area contributed by atoms with Crippen LogP contribution in [0.5, 0.6) is 0 Å². The fraction of sp³-hybridized carbons (Fsp3) is 0.231. The van der Waals surface area contributed by atoms with E-state index in [0.717, 1.165) is 20.4 Å². The van der Waals surface area contributed by atoms with Crippen LogP contribution in [0.1, 0.15) is 11.3 Å². The topological polar surface area (TPSA) is 61.0 Å². The van der Waals surface area contributed by atoms with Gasteiger partial charge in [0.2, 0.25) is 0 Å². The van der Waals surface area contributed by atoms with Crippen LogP contribution in [0.2, 0.25) is 5.02 Å². The van der Waals surface area contributed by atoms with E-state index in [1.807, 2.05) is 25.1 Å². The molecule has 19 heavy (non-hydrogen) atoms. The Morgan fingerprint density at radius 2 is 2.11 bits per heavy atom. The van der Waals surface area contributed by atoms with E-state index in [-0.39, 0.29) is 0 Å². The molecule has 2 N–H and O–H groups in total. The van der Waals surface area contributed by atoms with Gasteiger partial charge in [0, 0.05) is 17.7 Å². The molecule has 0 aliphatic heterocycles. The summed E-state index contributed by atoms with van der Waals surface area (Å²) >= 11 is 8.24. The number of methoxy groups -OCH3 is 1. The second kappa shape index (κ2) is 6.02. The Hall–Kier alpha value is -0.920. The zero-order valence-corrected chi connectivity index (χ0v) is 13.5. The van der Waals surface area contributed by atoms with E-state index in [1.54, 1.807) is 7.11 Å². The first-order valence-electron chi connectivity index (χ1n) is 5.60. The average molecular weight is 390 g/mol. The van der Waals surface area contributed by atoms with Crippen LogP contribution in [0.4, 0.5) is 5.82 Å². The van der Waals surface area contributed by atoms with Gasteiger partial charge in [-0.1, -0.05) is 23.7 Å². The van der Waals surface area contributed by atoms with Gasteiger partial charge in [0.15, 0.2) is 5.82 Å². The van der Waals surface area contributed by atoms with Crippen molar-refractivity contribution < 1.29 is 4.74 Å². The minimum absolute atomic E-state index is 0.400. The van der Waals surface area contributed by atoms with Crippen LogP contribution in [-0.4, -0.2) is 17.1 Å². The molecule has 0 aliphatic rings. The van der Waals surface area contributed by atoms with Gasteiger partial charge in [0.1, 0.15) is 5.82 Å². The van der Waals surface area contributed by atoms with E-state index in [4.69, 9.17) is 22.1 Å². The van der Waals surface area contributed by atoms with Crippen LogP contribution < -0.4 is 5.73 Å². The molecule has 0 unspecified atom stereocenters. The lowest BCUT2D eigenvalue weighted by Crippen LogP contribution is -2.06. The summed E-state index contributed by atoms with van der Waals surface area (Å²) in [5.74, 6) is 1.02. The Balaban J connectivity index is 2.52. The third-order valence-electron chi connectivity index (χ3n) is 2.66. The first-order chi connectivity index (χ1) is 9.02. The number of hydrogen-bond acceptors (Lipinski definition) is 4. The molecule has 6 heteroatoms.